The fraction of sp³-hybridized carbons (Fsp3) is 0.700. The molecule has 1 saturated heterocycles. The second-order valence-corrected chi connectivity index (χ2v) is 3.96. The topological polar surface area (TPSA) is 61.8 Å². The highest BCUT2D eigenvalue weighted by Gasteiger charge is 2.22. The summed E-state index contributed by atoms with van der Waals surface area (Å²) in [6, 6.07) is 0. The SMILES string of the molecule is O=C1CC(=O)NC(N2CCCCCC2)=N1. The van der Waals surface area contributed by atoms with Gasteiger partial charge in [0.05, 0.1) is 0 Å². The summed E-state index contributed by atoms with van der Waals surface area (Å²) in [6.45, 7) is 1.76. The summed E-state index contributed by atoms with van der Waals surface area (Å²) in [5, 5.41) is 2.66. The Kier molecular flexibility index (Phi) is 2.99. The summed E-state index contributed by atoms with van der Waals surface area (Å²) < 4.78 is 0. The molecule has 2 aliphatic heterocycles. The Morgan fingerprint density at radius 2 is 1.73 bits per heavy atom. The molecule has 2 aliphatic rings. The summed E-state index contributed by atoms with van der Waals surface area (Å²) in [7, 11) is 0. The number of aliphatic imine (C=N–C) groups is 1. The van der Waals surface area contributed by atoms with Gasteiger partial charge in [-0.1, -0.05) is 12.8 Å². The molecule has 0 aromatic carbocycles. The molecule has 5 nitrogen and oxygen atoms in total. The van der Waals surface area contributed by atoms with Crippen LogP contribution in [0.4, 0.5) is 0 Å². The second kappa shape index (κ2) is 4.42. The Labute approximate surface area is 88.5 Å². The molecule has 2 amide bonds. The van der Waals surface area contributed by atoms with Crippen molar-refractivity contribution in [1.29, 1.82) is 0 Å². The first-order valence-corrected chi connectivity index (χ1v) is 5.42. The normalized spacial score (nSPS) is 23.2. The van der Waals surface area contributed by atoms with Gasteiger partial charge in [-0.3, -0.25) is 14.9 Å². The molecule has 0 radical (unpaired) electrons. The molecular formula is C10H15N3O2. The molecule has 0 unspecified atom stereocenters. The third-order valence-corrected chi connectivity index (χ3v) is 2.70. The smallest absolute Gasteiger partial charge is 0.258 e. The summed E-state index contributed by atoms with van der Waals surface area (Å²) in [5.74, 6) is -0.120. The first kappa shape index (κ1) is 10.1. The number of nitrogens with one attached hydrogen (secondary N) is 1. The van der Waals surface area contributed by atoms with E-state index in [-0.39, 0.29) is 18.2 Å². The van der Waals surface area contributed by atoms with E-state index in [1.807, 2.05) is 4.90 Å². The van der Waals surface area contributed by atoms with Gasteiger partial charge in [-0.15, -0.1) is 0 Å². The molecule has 5 heteroatoms. The summed E-state index contributed by atoms with van der Waals surface area (Å²) in [5.41, 5.74) is 0. The number of hydrogen-bond acceptors (Lipinski definition) is 3. The minimum Gasteiger partial charge on any atom is -0.342 e. The Bertz CT molecular complexity index is 304. The van der Waals surface area contributed by atoms with E-state index in [1.54, 1.807) is 0 Å². The maximum absolute atomic E-state index is 11.2. The molecule has 0 aromatic rings. The third-order valence-electron chi connectivity index (χ3n) is 2.70. The van der Waals surface area contributed by atoms with Gasteiger partial charge in [0, 0.05) is 13.1 Å². The van der Waals surface area contributed by atoms with Crippen LogP contribution in [-0.4, -0.2) is 35.8 Å². The van der Waals surface area contributed by atoms with Crippen molar-refractivity contribution in [3.05, 3.63) is 0 Å². The number of nitrogens with zero attached hydrogens (tertiary/aromatic N) is 2. The van der Waals surface area contributed by atoms with Gasteiger partial charge >= 0.3 is 0 Å². The maximum Gasteiger partial charge on any atom is 0.258 e. The predicted octanol–water partition coefficient (Wildman–Crippen LogP) is 0.265. The van der Waals surface area contributed by atoms with E-state index in [0.29, 0.717) is 5.96 Å². The van der Waals surface area contributed by atoms with Crippen LogP contribution in [0.2, 0.25) is 0 Å². The van der Waals surface area contributed by atoms with E-state index in [1.165, 1.54) is 12.8 Å². The van der Waals surface area contributed by atoms with Gasteiger partial charge in [0.1, 0.15) is 6.42 Å². The van der Waals surface area contributed by atoms with Crippen molar-refractivity contribution in [3.8, 4) is 0 Å². The van der Waals surface area contributed by atoms with E-state index in [4.69, 9.17) is 0 Å². The lowest BCUT2D eigenvalue weighted by Gasteiger charge is -2.25. The molecule has 0 bridgehead atoms. The van der Waals surface area contributed by atoms with Gasteiger partial charge in [0.15, 0.2) is 0 Å². The van der Waals surface area contributed by atoms with Gasteiger partial charge in [-0.2, -0.15) is 4.99 Å². The Balaban J connectivity index is 2.07. The minimum absolute atomic E-state index is 0.114. The van der Waals surface area contributed by atoms with E-state index < -0.39 is 0 Å². The summed E-state index contributed by atoms with van der Waals surface area (Å²) in [4.78, 5) is 28.2. The molecule has 2 rings (SSSR count). The zero-order valence-electron chi connectivity index (χ0n) is 8.66. The van der Waals surface area contributed by atoms with Crippen LogP contribution in [0.15, 0.2) is 4.99 Å². The molecule has 15 heavy (non-hydrogen) atoms. The largest absolute Gasteiger partial charge is 0.342 e. The Hall–Kier alpha value is -1.39. The first-order valence-electron chi connectivity index (χ1n) is 5.42. The number of amides is 2. The minimum atomic E-state index is -0.335. The van der Waals surface area contributed by atoms with E-state index >= 15 is 0 Å². The molecule has 0 saturated carbocycles. The van der Waals surface area contributed by atoms with Crippen LogP contribution in [-0.2, 0) is 9.59 Å². The number of hydrogen-bond donors (Lipinski definition) is 1. The lowest BCUT2D eigenvalue weighted by atomic mass is 10.2. The molecule has 0 spiro atoms. The van der Waals surface area contributed by atoms with Gasteiger partial charge in [0.25, 0.3) is 5.91 Å². The lowest BCUT2D eigenvalue weighted by molar-refractivity contribution is -0.127. The highest BCUT2D eigenvalue weighted by molar-refractivity contribution is 6.13. The van der Waals surface area contributed by atoms with Crippen LogP contribution in [0, 0.1) is 0 Å². The molecule has 1 fully saturated rings. The van der Waals surface area contributed by atoms with Gasteiger partial charge in [-0.05, 0) is 12.8 Å². The lowest BCUT2D eigenvalue weighted by Crippen LogP contribution is -2.48. The monoisotopic (exact) mass is 209 g/mol. The molecule has 1 N–H and O–H groups in total. The summed E-state index contributed by atoms with van der Waals surface area (Å²) >= 11 is 0. The Morgan fingerprint density at radius 3 is 2.33 bits per heavy atom. The highest BCUT2D eigenvalue weighted by atomic mass is 16.2. The molecule has 0 aromatic heterocycles. The number of rotatable bonds is 0. The molecular weight excluding hydrogens is 194 g/mol. The van der Waals surface area contributed by atoms with Crippen molar-refractivity contribution < 1.29 is 9.59 Å². The van der Waals surface area contributed by atoms with E-state index in [0.717, 1.165) is 25.9 Å². The average Bonchev–Trinajstić information content (AvgIpc) is 2.43. The predicted molar refractivity (Wildman–Crippen MR) is 55.2 cm³/mol. The molecule has 2 heterocycles. The van der Waals surface area contributed by atoms with Crippen molar-refractivity contribution >= 4 is 17.8 Å². The summed E-state index contributed by atoms with van der Waals surface area (Å²) in [6.07, 6.45) is 4.51. The van der Waals surface area contributed by atoms with E-state index in [9.17, 15) is 9.59 Å². The Morgan fingerprint density at radius 1 is 1.07 bits per heavy atom. The molecule has 0 aliphatic carbocycles. The van der Waals surface area contributed by atoms with Crippen molar-refractivity contribution in [2.24, 2.45) is 4.99 Å². The number of guanidine groups is 1. The van der Waals surface area contributed by atoms with Crippen molar-refractivity contribution in [2.75, 3.05) is 13.1 Å². The van der Waals surface area contributed by atoms with Crippen LogP contribution in [0.3, 0.4) is 0 Å². The van der Waals surface area contributed by atoms with Crippen LogP contribution in [0.5, 0.6) is 0 Å². The van der Waals surface area contributed by atoms with Crippen molar-refractivity contribution in [1.82, 2.24) is 10.2 Å². The van der Waals surface area contributed by atoms with Crippen molar-refractivity contribution in [2.45, 2.75) is 32.1 Å². The fourth-order valence-electron chi connectivity index (χ4n) is 1.92. The first-order chi connectivity index (χ1) is 7.25. The molecule has 0 atom stereocenters. The fourth-order valence-corrected chi connectivity index (χ4v) is 1.92. The number of likely N-dealkylation sites (tertiary alicyclic amines) is 1. The van der Waals surface area contributed by atoms with Crippen LogP contribution >= 0.6 is 0 Å². The standard InChI is InChI=1S/C10H15N3O2/c14-8-7-9(15)12-10(11-8)13-5-3-1-2-4-6-13/h1-7H2,(H,11,12,14,15). The van der Waals surface area contributed by atoms with Gasteiger partial charge < -0.3 is 4.90 Å². The maximum atomic E-state index is 11.2. The van der Waals surface area contributed by atoms with E-state index in [2.05, 4.69) is 10.3 Å². The van der Waals surface area contributed by atoms with Gasteiger partial charge in [0.2, 0.25) is 11.9 Å². The number of carbonyl (C=O) groups is 2. The quantitative estimate of drug-likeness (QED) is 0.582. The highest BCUT2D eigenvalue weighted by Crippen LogP contribution is 2.10. The third kappa shape index (κ3) is 2.55. The van der Waals surface area contributed by atoms with Crippen LogP contribution < -0.4 is 5.32 Å². The zero-order chi connectivity index (χ0) is 10.7. The van der Waals surface area contributed by atoms with Crippen LogP contribution in [0.1, 0.15) is 32.1 Å². The van der Waals surface area contributed by atoms with Crippen LogP contribution in [0.25, 0.3) is 0 Å². The molecule has 82 valence electrons. The van der Waals surface area contributed by atoms with Gasteiger partial charge in [-0.25, -0.2) is 0 Å². The van der Waals surface area contributed by atoms with Crippen molar-refractivity contribution in [3.63, 3.8) is 0 Å². The average molecular weight is 209 g/mol. The second-order valence-electron chi connectivity index (χ2n) is 3.96. The zero-order valence-corrected chi connectivity index (χ0v) is 8.66. The number of carbonyl (C=O) groups excluding carboxylic acids is 2.